The average molecular weight is 530 g/mol. The summed E-state index contributed by atoms with van der Waals surface area (Å²) in [6.45, 7) is 4.56. The first-order valence-corrected chi connectivity index (χ1v) is 13.9. The standard InChI is InChI=1S/C27H27N7O3S/c35-18-17-32-13-15-33(16-14-32)23-8-6-22(7-9-23)30-27-29-19-21-10-12-34(26(21)31-27)38(36,37)24-5-1-3-20-4-2-11-28-25(20)24/h1-12,19,35H,13-18H2,(H,29,30,31). The van der Waals surface area contributed by atoms with E-state index in [2.05, 4.69) is 30.1 Å². The van der Waals surface area contributed by atoms with Crippen LogP contribution in [-0.4, -0.2) is 76.7 Å². The number of hydrogen-bond donors (Lipinski definition) is 2. The molecule has 0 aliphatic carbocycles. The predicted molar refractivity (Wildman–Crippen MR) is 147 cm³/mol. The lowest BCUT2D eigenvalue weighted by Gasteiger charge is -2.35. The van der Waals surface area contributed by atoms with Crippen LogP contribution in [0.2, 0.25) is 0 Å². The minimum Gasteiger partial charge on any atom is -0.395 e. The number of aromatic nitrogens is 4. The number of nitrogens with one attached hydrogen (secondary N) is 1. The highest BCUT2D eigenvalue weighted by molar-refractivity contribution is 7.90. The van der Waals surface area contributed by atoms with Crippen molar-refractivity contribution in [2.45, 2.75) is 4.90 Å². The molecule has 11 heteroatoms. The molecule has 1 aliphatic rings. The van der Waals surface area contributed by atoms with E-state index in [4.69, 9.17) is 5.11 Å². The number of fused-ring (bicyclic) bond motifs is 2. The minimum absolute atomic E-state index is 0.119. The molecule has 0 radical (unpaired) electrons. The van der Waals surface area contributed by atoms with Gasteiger partial charge in [-0.2, -0.15) is 4.98 Å². The number of rotatable bonds is 7. The smallest absolute Gasteiger partial charge is 0.271 e. The van der Waals surface area contributed by atoms with Crippen LogP contribution < -0.4 is 10.2 Å². The Balaban J connectivity index is 1.25. The van der Waals surface area contributed by atoms with Crippen LogP contribution in [0.1, 0.15) is 0 Å². The van der Waals surface area contributed by atoms with Gasteiger partial charge in [0.15, 0.2) is 5.65 Å². The first kappa shape index (κ1) is 24.3. The molecule has 5 aromatic rings. The molecule has 0 bridgehead atoms. The molecule has 0 saturated carbocycles. The van der Waals surface area contributed by atoms with Crippen molar-refractivity contribution in [2.75, 3.05) is 49.5 Å². The van der Waals surface area contributed by atoms with E-state index in [1.54, 1.807) is 36.7 Å². The lowest BCUT2D eigenvalue weighted by atomic mass is 10.2. The highest BCUT2D eigenvalue weighted by atomic mass is 32.2. The van der Waals surface area contributed by atoms with Gasteiger partial charge >= 0.3 is 0 Å². The number of β-amino-alcohol motifs (C(OH)–C–C–N with tert-alkyl or cyclic N) is 1. The van der Waals surface area contributed by atoms with Gasteiger partial charge in [0.05, 0.1) is 12.1 Å². The van der Waals surface area contributed by atoms with Crippen LogP contribution in [0.25, 0.3) is 21.9 Å². The Labute approximate surface area is 220 Å². The second-order valence-electron chi connectivity index (χ2n) is 9.14. The maximum atomic E-state index is 13.7. The van der Waals surface area contributed by atoms with E-state index in [9.17, 15) is 8.42 Å². The third-order valence-electron chi connectivity index (χ3n) is 6.80. The van der Waals surface area contributed by atoms with Crippen LogP contribution in [-0.2, 0) is 10.0 Å². The zero-order chi connectivity index (χ0) is 26.1. The van der Waals surface area contributed by atoms with Crippen LogP contribution in [0.4, 0.5) is 17.3 Å². The van der Waals surface area contributed by atoms with E-state index < -0.39 is 10.0 Å². The fourth-order valence-electron chi connectivity index (χ4n) is 4.80. The molecule has 1 aliphatic heterocycles. The summed E-state index contributed by atoms with van der Waals surface area (Å²) in [6, 6.07) is 18.4. The highest BCUT2D eigenvalue weighted by Gasteiger charge is 2.23. The Bertz CT molecular complexity index is 1690. The van der Waals surface area contributed by atoms with E-state index in [1.807, 2.05) is 36.4 Å². The van der Waals surface area contributed by atoms with Crippen LogP contribution in [0.3, 0.4) is 0 Å². The van der Waals surface area contributed by atoms with Gasteiger partial charge in [-0.25, -0.2) is 17.4 Å². The van der Waals surface area contributed by atoms with Gasteiger partial charge in [0.2, 0.25) is 5.95 Å². The van der Waals surface area contributed by atoms with Gasteiger partial charge in [-0.05, 0) is 42.5 Å². The molecule has 2 aromatic carbocycles. The van der Waals surface area contributed by atoms with Crippen molar-refractivity contribution in [3.05, 3.63) is 79.3 Å². The van der Waals surface area contributed by atoms with E-state index in [-0.39, 0.29) is 17.1 Å². The first-order chi connectivity index (χ1) is 18.5. The molecule has 0 amide bonds. The molecule has 3 aromatic heterocycles. The Morgan fingerprint density at radius 3 is 2.47 bits per heavy atom. The van der Waals surface area contributed by atoms with Crippen molar-refractivity contribution in [1.82, 2.24) is 23.8 Å². The molecule has 0 spiro atoms. The lowest BCUT2D eigenvalue weighted by Crippen LogP contribution is -2.47. The third kappa shape index (κ3) is 4.55. The molecular formula is C27H27N7O3S. The van der Waals surface area contributed by atoms with Crippen molar-refractivity contribution < 1.29 is 13.5 Å². The second-order valence-corrected chi connectivity index (χ2v) is 10.9. The van der Waals surface area contributed by atoms with Gasteiger partial charge in [0, 0.05) is 73.5 Å². The molecule has 1 saturated heterocycles. The van der Waals surface area contributed by atoms with Gasteiger partial charge in [-0.15, -0.1) is 0 Å². The summed E-state index contributed by atoms with van der Waals surface area (Å²) in [4.78, 5) is 17.9. The summed E-state index contributed by atoms with van der Waals surface area (Å²) in [6.07, 6.45) is 4.69. The predicted octanol–water partition coefficient (Wildman–Crippen LogP) is 3.07. The number of piperazine rings is 1. The van der Waals surface area contributed by atoms with Crippen molar-refractivity contribution in [1.29, 1.82) is 0 Å². The van der Waals surface area contributed by atoms with E-state index in [0.29, 0.717) is 23.4 Å². The summed E-state index contributed by atoms with van der Waals surface area (Å²) in [5, 5.41) is 13.7. The largest absolute Gasteiger partial charge is 0.395 e. The summed E-state index contributed by atoms with van der Waals surface area (Å²) in [5.74, 6) is 0.300. The number of pyridine rings is 1. The van der Waals surface area contributed by atoms with E-state index >= 15 is 0 Å². The Morgan fingerprint density at radius 1 is 0.895 bits per heavy atom. The molecule has 194 valence electrons. The van der Waals surface area contributed by atoms with E-state index in [0.717, 1.165) is 42.9 Å². The lowest BCUT2D eigenvalue weighted by molar-refractivity contribution is 0.189. The van der Waals surface area contributed by atoms with Crippen LogP contribution in [0.5, 0.6) is 0 Å². The number of aliphatic hydroxyl groups excluding tert-OH is 1. The zero-order valence-corrected chi connectivity index (χ0v) is 21.4. The summed E-state index contributed by atoms with van der Waals surface area (Å²) < 4.78 is 28.5. The number of para-hydroxylation sites is 1. The monoisotopic (exact) mass is 529 g/mol. The normalized spacial score (nSPS) is 14.8. The number of aliphatic hydroxyl groups is 1. The Kier molecular flexibility index (Phi) is 6.40. The van der Waals surface area contributed by atoms with Crippen LogP contribution in [0, 0.1) is 0 Å². The molecule has 6 rings (SSSR count). The highest BCUT2D eigenvalue weighted by Crippen LogP contribution is 2.27. The SMILES string of the molecule is O=S(=O)(c1cccc2cccnc12)n1ccc2cnc(Nc3ccc(N4CCN(CCO)CC4)cc3)nc21. The molecule has 0 atom stereocenters. The number of benzene rings is 2. The van der Waals surface area contributed by atoms with Gasteiger partial charge in [-0.3, -0.25) is 9.88 Å². The molecule has 0 unspecified atom stereocenters. The van der Waals surface area contributed by atoms with Crippen molar-refractivity contribution in [2.24, 2.45) is 0 Å². The van der Waals surface area contributed by atoms with Gasteiger partial charge < -0.3 is 15.3 Å². The first-order valence-electron chi connectivity index (χ1n) is 12.4. The van der Waals surface area contributed by atoms with Crippen molar-refractivity contribution in [3.8, 4) is 0 Å². The average Bonchev–Trinajstić information content (AvgIpc) is 3.38. The number of nitrogens with zero attached hydrogens (tertiary/aromatic N) is 6. The zero-order valence-electron chi connectivity index (χ0n) is 20.6. The molecule has 38 heavy (non-hydrogen) atoms. The molecule has 4 heterocycles. The minimum atomic E-state index is -3.95. The second kappa shape index (κ2) is 10.0. The maximum Gasteiger partial charge on any atom is 0.271 e. The number of hydrogen-bond acceptors (Lipinski definition) is 9. The van der Waals surface area contributed by atoms with E-state index in [1.165, 1.54) is 10.2 Å². The quantitative estimate of drug-likeness (QED) is 0.328. The maximum absolute atomic E-state index is 13.7. The molecule has 1 fully saturated rings. The fraction of sp³-hybridized carbons (Fsp3) is 0.222. The van der Waals surface area contributed by atoms with Crippen LogP contribution in [0.15, 0.2) is 84.1 Å². The summed E-state index contributed by atoms with van der Waals surface area (Å²) in [7, 11) is -3.95. The van der Waals surface area contributed by atoms with Crippen LogP contribution >= 0.6 is 0 Å². The summed E-state index contributed by atoms with van der Waals surface area (Å²) in [5.41, 5.74) is 2.62. The molecular weight excluding hydrogens is 502 g/mol. The van der Waals surface area contributed by atoms with Gasteiger partial charge in [0.1, 0.15) is 4.90 Å². The Hall–Kier alpha value is -4.06. The topological polar surface area (TPSA) is 116 Å². The molecule has 10 nitrogen and oxygen atoms in total. The van der Waals surface area contributed by atoms with Crippen molar-refractivity contribution >= 4 is 49.3 Å². The fourth-order valence-corrected chi connectivity index (χ4v) is 6.27. The van der Waals surface area contributed by atoms with Gasteiger partial charge in [0.25, 0.3) is 10.0 Å². The van der Waals surface area contributed by atoms with Crippen molar-refractivity contribution in [3.63, 3.8) is 0 Å². The summed E-state index contributed by atoms with van der Waals surface area (Å²) >= 11 is 0. The number of anilines is 3. The molecule has 2 N–H and O–H groups in total. The Morgan fingerprint density at radius 2 is 1.68 bits per heavy atom. The third-order valence-corrected chi connectivity index (χ3v) is 8.50. The van der Waals surface area contributed by atoms with Gasteiger partial charge in [-0.1, -0.05) is 18.2 Å².